The molecular formula is C11H15ClN2O2. The van der Waals surface area contributed by atoms with E-state index in [4.69, 9.17) is 21.1 Å². The van der Waals surface area contributed by atoms with Gasteiger partial charge in [-0.15, -0.1) is 11.6 Å². The van der Waals surface area contributed by atoms with Gasteiger partial charge in [-0.3, -0.25) is 0 Å². The number of nitrogens with zero attached hydrogens (tertiary/aromatic N) is 2. The van der Waals surface area contributed by atoms with Crippen LogP contribution in [0.1, 0.15) is 24.4 Å². The first-order chi connectivity index (χ1) is 7.80. The van der Waals surface area contributed by atoms with Crippen LogP contribution in [0.5, 0.6) is 0 Å². The van der Waals surface area contributed by atoms with Crippen molar-refractivity contribution in [2.45, 2.75) is 24.3 Å². The second-order valence-electron chi connectivity index (χ2n) is 3.82. The Labute approximate surface area is 99.9 Å². The highest BCUT2D eigenvalue weighted by molar-refractivity contribution is 6.16. The van der Waals surface area contributed by atoms with E-state index in [1.54, 1.807) is 13.3 Å². The highest BCUT2D eigenvalue weighted by atomic mass is 35.5. The van der Waals surface area contributed by atoms with Gasteiger partial charge < -0.3 is 9.47 Å². The van der Waals surface area contributed by atoms with Gasteiger partial charge in [-0.1, -0.05) is 0 Å². The van der Waals surface area contributed by atoms with E-state index in [-0.39, 0.29) is 0 Å². The minimum atomic E-state index is -0.402. The summed E-state index contributed by atoms with van der Waals surface area (Å²) in [5.41, 5.74) is 0.426. The van der Waals surface area contributed by atoms with Gasteiger partial charge in [0.25, 0.3) is 0 Å². The second kappa shape index (κ2) is 5.08. The molecule has 1 aliphatic rings. The van der Waals surface area contributed by atoms with Gasteiger partial charge in [0.2, 0.25) is 0 Å². The first-order valence-electron chi connectivity index (χ1n) is 5.32. The molecule has 0 amide bonds. The molecular weight excluding hydrogens is 228 g/mol. The maximum absolute atomic E-state index is 5.77. The molecule has 5 heteroatoms. The molecule has 1 aromatic rings. The zero-order valence-corrected chi connectivity index (χ0v) is 10.0. The predicted molar refractivity (Wildman–Crippen MR) is 60.3 cm³/mol. The molecule has 1 fully saturated rings. The van der Waals surface area contributed by atoms with Crippen molar-refractivity contribution in [2.75, 3.05) is 20.3 Å². The van der Waals surface area contributed by atoms with Crippen molar-refractivity contribution in [3.05, 3.63) is 23.8 Å². The molecule has 0 aromatic carbocycles. The Kier molecular flexibility index (Phi) is 3.74. The summed E-state index contributed by atoms with van der Waals surface area (Å²) in [7, 11) is 1.70. The highest BCUT2D eigenvalue weighted by Crippen LogP contribution is 2.33. The molecule has 88 valence electrons. The Morgan fingerprint density at radius 2 is 2.25 bits per heavy atom. The molecule has 0 radical (unpaired) electrons. The van der Waals surface area contributed by atoms with E-state index >= 15 is 0 Å². The van der Waals surface area contributed by atoms with Gasteiger partial charge in [0, 0.05) is 39.4 Å². The molecule has 0 unspecified atom stereocenters. The summed E-state index contributed by atoms with van der Waals surface area (Å²) < 4.78 is 11.0. The number of halogens is 1. The van der Waals surface area contributed by atoms with Crippen molar-refractivity contribution < 1.29 is 9.47 Å². The van der Waals surface area contributed by atoms with E-state index in [1.807, 2.05) is 6.07 Å². The number of rotatable bonds is 3. The molecule has 0 saturated carbocycles. The van der Waals surface area contributed by atoms with Crippen LogP contribution in [0.3, 0.4) is 0 Å². The standard InChI is InChI=1S/C11H15ClN2O2/c1-15-11(3-6-16-7-4-11)10-13-5-2-9(8-12)14-10/h2,5H,3-4,6-8H2,1H3. The Hall–Kier alpha value is -0.710. The third-order valence-electron chi connectivity index (χ3n) is 2.95. The summed E-state index contributed by atoms with van der Waals surface area (Å²) in [4.78, 5) is 8.74. The summed E-state index contributed by atoms with van der Waals surface area (Å²) in [5, 5.41) is 0. The van der Waals surface area contributed by atoms with Gasteiger partial charge in [0.05, 0.1) is 11.6 Å². The smallest absolute Gasteiger partial charge is 0.160 e. The van der Waals surface area contributed by atoms with Crippen LogP contribution in [-0.4, -0.2) is 30.3 Å². The average molecular weight is 243 g/mol. The van der Waals surface area contributed by atoms with E-state index in [0.717, 1.165) is 24.4 Å². The third-order valence-corrected chi connectivity index (χ3v) is 3.22. The number of hydrogen-bond acceptors (Lipinski definition) is 4. The maximum atomic E-state index is 5.77. The normalized spacial score (nSPS) is 19.6. The molecule has 0 spiro atoms. The van der Waals surface area contributed by atoms with E-state index in [1.165, 1.54) is 0 Å². The van der Waals surface area contributed by atoms with Crippen molar-refractivity contribution >= 4 is 11.6 Å². The molecule has 1 saturated heterocycles. The van der Waals surface area contributed by atoms with Crippen LogP contribution in [0.25, 0.3) is 0 Å². The molecule has 0 aliphatic carbocycles. The second-order valence-corrected chi connectivity index (χ2v) is 4.08. The topological polar surface area (TPSA) is 44.2 Å². The van der Waals surface area contributed by atoms with Crippen molar-refractivity contribution in [1.29, 1.82) is 0 Å². The van der Waals surface area contributed by atoms with Crippen molar-refractivity contribution in [2.24, 2.45) is 0 Å². The van der Waals surface area contributed by atoms with Gasteiger partial charge in [0.1, 0.15) is 5.60 Å². The quantitative estimate of drug-likeness (QED) is 0.759. The lowest BCUT2D eigenvalue weighted by molar-refractivity contribution is -0.100. The SMILES string of the molecule is COC1(c2nccc(CCl)n2)CCOCC1. The van der Waals surface area contributed by atoms with Gasteiger partial charge >= 0.3 is 0 Å². The lowest BCUT2D eigenvalue weighted by Gasteiger charge is -2.34. The van der Waals surface area contributed by atoms with Crippen LogP contribution < -0.4 is 0 Å². The van der Waals surface area contributed by atoms with E-state index in [9.17, 15) is 0 Å². The van der Waals surface area contributed by atoms with Gasteiger partial charge in [-0.25, -0.2) is 9.97 Å². The molecule has 4 nitrogen and oxygen atoms in total. The Balaban J connectivity index is 2.31. The number of methoxy groups -OCH3 is 1. The summed E-state index contributed by atoms with van der Waals surface area (Å²) in [6.45, 7) is 1.37. The van der Waals surface area contributed by atoms with Crippen molar-refractivity contribution in [3.63, 3.8) is 0 Å². The average Bonchev–Trinajstić information content (AvgIpc) is 2.39. The summed E-state index contributed by atoms with van der Waals surface area (Å²) >= 11 is 5.77. The molecule has 2 rings (SSSR count). The van der Waals surface area contributed by atoms with Gasteiger partial charge in [-0.2, -0.15) is 0 Å². The molecule has 0 N–H and O–H groups in total. The van der Waals surface area contributed by atoms with Crippen LogP contribution in [0.2, 0.25) is 0 Å². The largest absolute Gasteiger partial charge is 0.381 e. The Morgan fingerprint density at radius 3 is 2.88 bits per heavy atom. The maximum Gasteiger partial charge on any atom is 0.160 e. The third kappa shape index (κ3) is 2.19. The zero-order chi connectivity index (χ0) is 11.4. The first kappa shape index (κ1) is 11.8. The summed E-state index contributed by atoms with van der Waals surface area (Å²) in [5.74, 6) is 1.11. The monoisotopic (exact) mass is 242 g/mol. The minimum absolute atomic E-state index is 0.395. The Morgan fingerprint density at radius 1 is 1.50 bits per heavy atom. The summed E-state index contributed by atoms with van der Waals surface area (Å²) in [6.07, 6.45) is 3.31. The Bertz CT molecular complexity index is 354. The molecule has 1 aromatic heterocycles. The molecule has 0 bridgehead atoms. The van der Waals surface area contributed by atoms with Crippen molar-refractivity contribution in [3.8, 4) is 0 Å². The van der Waals surface area contributed by atoms with Crippen LogP contribution >= 0.6 is 11.6 Å². The highest BCUT2D eigenvalue weighted by Gasteiger charge is 2.37. The van der Waals surface area contributed by atoms with Crippen molar-refractivity contribution in [1.82, 2.24) is 9.97 Å². The van der Waals surface area contributed by atoms with E-state index in [2.05, 4.69) is 9.97 Å². The predicted octanol–water partition coefficient (Wildman–Crippen LogP) is 1.87. The summed E-state index contributed by atoms with van der Waals surface area (Å²) in [6, 6.07) is 1.82. The van der Waals surface area contributed by atoms with Crippen LogP contribution in [-0.2, 0) is 21.0 Å². The fourth-order valence-corrected chi connectivity index (χ4v) is 2.06. The van der Waals surface area contributed by atoms with E-state index in [0.29, 0.717) is 19.1 Å². The number of alkyl halides is 1. The fraction of sp³-hybridized carbons (Fsp3) is 0.636. The lowest BCUT2D eigenvalue weighted by atomic mass is 9.93. The van der Waals surface area contributed by atoms with Crippen LogP contribution in [0.15, 0.2) is 12.3 Å². The molecule has 1 aliphatic heterocycles. The van der Waals surface area contributed by atoms with Gasteiger partial charge in [-0.05, 0) is 6.07 Å². The van der Waals surface area contributed by atoms with Crippen LogP contribution in [0, 0.1) is 0 Å². The zero-order valence-electron chi connectivity index (χ0n) is 9.28. The molecule has 16 heavy (non-hydrogen) atoms. The van der Waals surface area contributed by atoms with E-state index < -0.39 is 5.60 Å². The minimum Gasteiger partial charge on any atom is -0.381 e. The number of ether oxygens (including phenoxy) is 2. The lowest BCUT2D eigenvalue weighted by Crippen LogP contribution is -2.37. The van der Waals surface area contributed by atoms with Crippen LogP contribution in [0.4, 0.5) is 0 Å². The molecule has 0 atom stereocenters. The molecule has 2 heterocycles. The first-order valence-corrected chi connectivity index (χ1v) is 5.85. The number of aromatic nitrogens is 2. The number of hydrogen-bond donors (Lipinski definition) is 0. The van der Waals surface area contributed by atoms with Gasteiger partial charge in [0.15, 0.2) is 5.82 Å². The fourth-order valence-electron chi connectivity index (χ4n) is 1.91.